The van der Waals surface area contributed by atoms with Gasteiger partial charge in [-0.1, -0.05) is 73.5 Å². The summed E-state index contributed by atoms with van der Waals surface area (Å²) in [5.74, 6) is -0.465. The van der Waals surface area contributed by atoms with Crippen molar-refractivity contribution in [3.63, 3.8) is 0 Å². The Morgan fingerprint density at radius 1 is 0.980 bits per heavy atom. The third-order valence-electron chi connectivity index (χ3n) is 7.21. The van der Waals surface area contributed by atoms with Gasteiger partial charge in [-0.25, -0.2) is 29.3 Å². The Bertz CT molecular complexity index is 1620. The van der Waals surface area contributed by atoms with Gasteiger partial charge < -0.3 is 14.0 Å². The number of benzene rings is 2. The van der Waals surface area contributed by atoms with Gasteiger partial charge in [0.2, 0.25) is 0 Å². The van der Waals surface area contributed by atoms with E-state index in [1.165, 1.54) is 0 Å². The van der Waals surface area contributed by atoms with E-state index in [9.17, 15) is 9.59 Å². The maximum atomic E-state index is 13.2. The van der Waals surface area contributed by atoms with Crippen molar-refractivity contribution in [2.75, 3.05) is 19.8 Å². The number of unbranched alkanes of at least 4 members (excludes halogenated alkanes) is 2. The quantitative estimate of drug-likeness (QED) is 0.0496. The molecule has 0 unspecified atom stereocenters. The van der Waals surface area contributed by atoms with Crippen LogP contribution in [0.4, 0.5) is 0 Å². The fraction of sp³-hybridized carbons (Fsp3) is 0.400. The number of carbonyl (C=O) groups is 2. The smallest absolute Gasteiger partial charge is 0.358 e. The molecule has 4 aromatic rings. The molecule has 0 saturated heterocycles. The molecule has 0 aliphatic heterocycles. The molecular formula is C30H37ClN8O10. The summed E-state index contributed by atoms with van der Waals surface area (Å²) in [7, 11) is 0. The number of carbonyl (C=O) groups excluding carboxylic acids is 2. The largest absolute Gasteiger partial charge is 0.463 e. The zero-order valence-electron chi connectivity index (χ0n) is 26.5. The van der Waals surface area contributed by atoms with Gasteiger partial charge in [0.15, 0.2) is 23.3 Å². The van der Waals surface area contributed by atoms with Crippen LogP contribution in [-0.4, -0.2) is 99.6 Å². The molecule has 2 aromatic carbocycles. The first-order valence-corrected chi connectivity index (χ1v) is 15.7. The number of imidazole rings is 1. The molecule has 18 nitrogen and oxygen atoms in total. The summed E-state index contributed by atoms with van der Waals surface area (Å²) in [6, 6.07) is 15.5. The molecule has 5 N–H and O–H groups in total. The summed E-state index contributed by atoms with van der Waals surface area (Å²) in [4.78, 5) is 39.0. The van der Waals surface area contributed by atoms with Gasteiger partial charge in [0.05, 0.1) is 17.4 Å². The summed E-state index contributed by atoms with van der Waals surface area (Å²) in [6.07, 6.45) is 2.22. The van der Waals surface area contributed by atoms with Crippen molar-refractivity contribution < 1.29 is 49.6 Å². The van der Waals surface area contributed by atoms with Gasteiger partial charge in [0, 0.05) is 18.5 Å². The predicted octanol–water partition coefficient (Wildman–Crippen LogP) is 4.04. The number of esters is 2. The number of hydrogen-bond acceptors (Lipinski definition) is 16. The topological polar surface area (TPSA) is 231 Å². The van der Waals surface area contributed by atoms with Crippen LogP contribution in [0.25, 0.3) is 22.5 Å². The predicted molar refractivity (Wildman–Crippen MR) is 167 cm³/mol. The maximum absolute atomic E-state index is 13.2. The van der Waals surface area contributed by atoms with Crippen LogP contribution in [0, 0.1) is 0 Å². The molecule has 2 heterocycles. The molecule has 0 aliphatic carbocycles. The standard InChI is InChI=1S/C30H37ClN8O10/c1-2-3-11-25-32-28(31)27(30(41)47-19-26(40)46-16-7-6-8-22(49-39(44)45)18-48-38(42)43)37(25)17-20-12-14-21(15-13-20)23-9-4-5-10-24(23)29-33-35-36-34-29/h4-5,9-10,12-15,22,42-45H,2-3,6-8,11,16-19H2,1H3,(H,33,34,35,36)/t22-/m1/s1. The molecule has 1 atom stereocenters. The molecule has 4 rings (SSSR count). The zero-order chi connectivity index (χ0) is 35.2. The van der Waals surface area contributed by atoms with Crippen molar-refractivity contribution in [3.05, 3.63) is 70.8 Å². The van der Waals surface area contributed by atoms with Crippen LogP contribution in [0.2, 0.25) is 5.15 Å². The normalized spacial score (nSPS) is 12.1. The summed E-state index contributed by atoms with van der Waals surface area (Å²) in [5.41, 5.74) is 3.61. The van der Waals surface area contributed by atoms with E-state index in [2.05, 4.69) is 35.3 Å². The summed E-state index contributed by atoms with van der Waals surface area (Å²) in [6.45, 7) is 1.21. The lowest BCUT2D eigenvalue weighted by atomic mass is 9.98. The van der Waals surface area contributed by atoms with Gasteiger partial charge in [-0.05, 0) is 52.8 Å². The van der Waals surface area contributed by atoms with Crippen LogP contribution in [0.1, 0.15) is 60.9 Å². The molecule has 0 radical (unpaired) electrons. The fourth-order valence-corrected chi connectivity index (χ4v) is 5.17. The maximum Gasteiger partial charge on any atom is 0.358 e. The van der Waals surface area contributed by atoms with Gasteiger partial charge in [0.25, 0.3) is 0 Å². The average molecular weight is 705 g/mol. The van der Waals surface area contributed by atoms with Crippen molar-refractivity contribution in [2.24, 2.45) is 0 Å². The number of ether oxygens (including phenoxy) is 2. The number of hydrogen-bond donors (Lipinski definition) is 5. The SMILES string of the molecule is CCCCc1nc(Cl)c(C(=O)OCC(=O)OCCCC[C@H](CON(O)O)ON(O)O)n1Cc1ccc(-c2ccccc2-c2nnn[nH]2)cc1. The van der Waals surface area contributed by atoms with Gasteiger partial charge in [-0.3, -0.25) is 20.8 Å². The minimum Gasteiger partial charge on any atom is -0.463 e. The van der Waals surface area contributed by atoms with Gasteiger partial charge in [-0.15, -0.1) is 5.10 Å². The molecular weight excluding hydrogens is 668 g/mol. The van der Waals surface area contributed by atoms with E-state index in [0.29, 0.717) is 30.9 Å². The van der Waals surface area contributed by atoms with Crippen molar-refractivity contribution in [2.45, 2.75) is 58.1 Å². The summed E-state index contributed by atoms with van der Waals surface area (Å²) < 4.78 is 12.1. The first-order chi connectivity index (χ1) is 23.7. The lowest BCUT2D eigenvalue weighted by molar-refractivity contribution is -0.527. The number of aromatic amines is 1. The highest BCUT2D eigenvalue weighted by Crippen LogP contribution is 2.30. The number of aromatic nitrogens is 6. The Hall–Kier alpha value is -4.37. The van der Waals surface area contributed by atoms with Gasteiger partial charge in [0.1, 0.15) is 18.5 Å². The highest BCUT2D eigenvalue weighted by atomic mass is 35.5. The van der Waals surface area contributed by atoms with Crippen LogP contribution >= 0.6 is 11.6 Å². The van der Waals surface area contributed by atoms with Crippen LogP contribution in [-0.2, 0) is 36.9 Å². The monoisotopic (exact) mass is 704 g/mol. The fourth-order valence-electron chi connectivity index (χ4n) is 4.89. The summed E-state index contributed by atoms with van der Waals surface area (Å²) >= 11 is 6.44. The first kappa shape index (κ1) is 37.4. The van der Waals surface area contributed by atoms with E-state index in [1.807, 2.05) is 55.5 Å². The van der Waals surface area contributed by atoms with Gasteiger partial charge >= 0.3 is 11.9 Å². The first-order valence-electron chi connectivity index (χ1n) is 15.3. The second-order valence-electron chi connectivity index (χ2n) is 10.7. The van der Waals surface area contributed by atoms with E-state index in [-0.39, 0.29) is 30.4 Å². The van der Waals surface area contributed by atoms with Crippen LogP contribution < -0.4 is 0 Å². The Kier molecular flexibility index (Phi) is 14.5. The zero-order valence-corrected chi connectivity index (χ0v) is 27.3. The average Bonchev–Trinajstić information content (AvgIpc) is 3.73. The number of nitrogens with one attached hydrogen (secondary N) is 1. The van der Waals surface area contributed by atoms with Crippen LogP contribution in [0.3, 0.4) is 0 Å². The van der Waals surface area contributed by atoms with Gasteiger partial charge in [-0.2, -0.15) is 0 Å². The molecule has 19 heteroatoms. The Morgan fingerprint density at radius 3 is 2.41 bits per heavy atom. The molecule has 2 aromatic heterocycles. The van der Waals surface area contributed by atoms with E-state index in [0.717, 1.165) is 35.1 Å². The highest BCUT2D eigenvalue weighted by molar-refractivity contribution is 6.32. The van der Waals surface area contributed by atoms with Crippen LogP contribution in [0.15, 0.2) is 48.5 Å². The van der Waals surface area contributed by atoms with Crippen molar-refractivity contribution in [1.29, 1.82) is 0 Å². The number of aryl methyl sites for hydroxylation is 1. The molecule has 0 spiro atoms. The van der Waals surface area contributed by atoms with E-state index in [1.54, 1.807) is 4.57 Å². The third kappa shape index (κ3) is 11.3. The minimum atomic E-state index is -0.956. The number of H-pyrrole nitrogens is 1. The number of rotatable bonds is 20. The van der Waals surface area contributed by atoms with Crippen molar-refractivity contribution >= 4 is 23.5 Å². The number of nitrogens with zero attached hydrogens (tertiary/aromatic N) is 7. The molecule has 0 saturated carbocycles. The second kappa shape index (κ2) is 19.0. The minimum absolute atomic E-state index is 0.0206. The molecule has 264 valence electrons. The number of tetrazole rings is 1. The third-order valence-corrected chi connectivity index (χ3v) is 7.47. The Labute approximate surface area is 285 Å². The number of halogens is 1. The van der Waals surface area contributed by atoms with E-state index < -0.39 is 42.0 Å². The molecule has 0 bridgehead atoms. The summed E-state index contributed by atoms with van der Waals surface area (Å²) in [5, 5.41) is 48.0. The van der Waals surface area contributed by atoms with Crippen molar-refractivity contribution in [1.82, 2.24) is 41.0 Å². The molecule has 0 aliphatic rings. The van der Waals surface area contributed by atoms with E-state index >= 15 is 0 Å². The van der Waals surface area contributed by atoms with Crippen molar-refractivity contribution in [3.8, 4) is 22.5 Å². The molecule has 0 amide bonds. The molecule has 0 fully saturated rings. The van der Waals surface area contributed by atoms with E-state index in [4.69, 9.17) is 41.9 Å². The second-order valence-corrected chi connectivity index (χ2v) is 11.0. The lowest BCUT2D eigenvalue weighted by Crippen LogP contribution is -2.31. The lowest BCUT2D eigenvalue weighted by Gasteiger charge is -2.18. The van der Waals surface area contributed by atoms with Crippen LogP contribution in [0.5, 0.6) is 0 Å². The Morgan fingerprint density at radius 2 is 1.73 bits per heavy atom. The highest BCUT2D eigenvalue weighted by Gasteiger charge is 2.25. The Balaban J connectivity index is 1.35. The molecule has 49 heavy (non-hydrogen) atoms.